The lowest BCUT2D eigenvalue weighted by molar-refractivity contribution is -0.113. The Labute approximate surface area is 123 Å². The molecule has 1 N–H and O–H groups in total. The number of carbonyl (C=O) groups is 1. The fraction of sp³-hybridized carbons (Fsp3) is 0.533. The van der Waals surface area contributed by atoms with Crippen molar-refractivity contribution < 1.29 is 9.53 Å². The lowest BCUT2D eigenvalue weighted by Gasteiger charge is -2.07. The van der Waals surface area contributed by atoms with E-state index in [0.29, 0.717) is 5.33 Å². The van der Waals surface area contributed by atoms with Crippen LogP contribution in [0, 0.1) is 0 Å². The molecule has 0 atom stereocenters. The Morgan fingerprint density at radius 2 is 1.84 bits per heavy atom. The molecule has 3 nitrogen and oxygen atoms in total. The Hall–Kier alpha value is -1.03. The molecule has 0 bridgehead atoms. The molecule has 0 heterocycles. The van der Waals surface area contributed by atoms with Crippen LogP contribution < -0.4 is 10.1 Å². The lowest BCUT2D eigenvalue weighted by Crippen LogP contribution is -2.12. The van der Waals surface area contributed by atoms with E-state index in [-0.39, 0.29) is 5.91 Å². The number of carbonyl (C=O) groups excluding carboxylic acids is 1. The molecule has 0 fully saturated rings. The van der Waals surface area contributed by atoms with Crippen molar-refractivity contribution in [3.8, 4) is 5.75 Å². The molecule has 0 saturated heterocycles. The molecule has 0 spiro atoms. The SMILES string of the molecule is CCCCCCCOc1ccc(NC(=O)CBr)cc1. The summed E-state index contributed by atoms with van der Waals surface area (Å²) in [6.45, 7) is 2.98. The van der Waals surface area contributed by atoms with E-state index >= 15 is 0 Å². The molecule has 0 radical (unpaired) electrons. The largest absolute Gasteiger partial charge is 0.494 e. The number of unbranched alkanes of at least 4 members (excludes halogenated alkanes) is 4. The minimum Gasteiger partial charge on any atom is -0.494 e. The van der Waals surface area contributed by atoms with Crippen LogP contribution in [0.15, 0.2) is 24.3 Å². The molecule has 0 aliphatic heterocycles. The van der Waals surface area contributed by atoms with Crippen molar-refractivity contribution >= 4 is 27.5 Å². The maximum atomic E-state index is 11.2. The number of halogens is 1. The average Bonchev–Trinajstić information content (AvgIpc) is 2.44. The minimum absolute atomic E-state index is 0.0513. The van der Waals surface area contributed by atoms with Gasteiger partial charge >= 0.3 is 0 Å². The number of hydrogen-bond acceptors (Lipinski definition) is 2. The molecular formula is C15H22BrNO2. The molecule has 4 heteroatoms. The summed E-state index contributed by atoms with van der Waals surface area (Å²) >= 11 is 3.11. The summed E-state index contributed by atoms with van der Waals surface area (Å²) in [4.78, 5) is 11.2. The highest BCUT2D eigenvalue weighted by atomic mass is 79.9. The molecule has 0 aliphatic carbocycles. The number of hydrogen-bond donors (Lipinski definition) is 1. The topological polar surface area (TPSA) is 38.3 Å². The highest BCUT2D eigenvalue weighted by Gasteiger charge is 2.00. The van der Waals surface area contributed by atoms with Crippen LogP contribution >= 0.6 is 15.9 Å². The van der Waals surface area contributed by atoms with Gasteiger partial charge in [0.25, 0.3) is 0 Å². The fourth-order valence-electron chi connectivity index (χ4n) is 1.72. The summed E-state index contributed by atoms with van der Waals surface area (Å²) in [5.74, 6) is 0.803. The van der Waals surface area contributed by atoms with Crippen molar-refractivity contribution in [2.24, 2.45) is 0 Å². The van der Waals surface area contributed by atoms with Crippen molar-refractivity contribution in [3.05, 3.63) is 24.3 Å². The normalized spacial score (nSPS) is 10.2. The minimum atomic E-state index is -0.0513. The van der Waals surface area contributed by atoms with Crippen LogP contribution in [0.2, 0.25) is 0 Å². The number of amides is 1. The van der Waals surface area contributed by atoms with Crippen LogP contribution in [-0.2, 0) is 4.79 Å². The number of benzene rings is 1. The Morgan fingerprint density at radius 1 is 1.16 bits per heavy atom. The fourth-order valence-corrected chi connectivity index (χ4v) is 1.86. The second-order valence-electron chi connectivity index (χ2n) is 4.47. The van der Waals surface area contributed by atoms with E-state index in [9.17, 15) is 4.79 Å². The van der Waals surface area contributed by atoms with Gasteiger partial charge < -0.3 is 10.1 Å². The van der Waals surface area contributed by atoms with Crippen LogP contribution in [0.5, 0.6) is 5.75 Å². The second kappa shape index (κ2) is 9.84. The van der Waals surface area contributed by atoms with Crippen molar-refractivity contribution in [2.45, 2.75) is 39.0 Å². The monoisotopic (exact) mass is 327 g/mol. The van der Waals surface area contributed by atoms with Gasteiger partial charge in [0.2, 0.25) is 5.91 Å². The van der Waals surface area contributed by atoms with Crippen LogP contribution in [0.4, 0.5) is 5.69 Å². The first-order valence-electron chi connectivity index (χ1n) is 6.85. The third-order valence-corrected chi connectivity index (χ3v) is 3.29. The first-order valence-corrected chi connectivity index (χ1v) is 7.97. The Morgan fingerprint density at radius 3 is 2.47 bits per heavy atom. The molecule has 0 unspecified atom stereocenters. The van der Waals surface area contributed by atoms with E-state index < -0.39 is 0 Å². The van der Waals surface area contributed by atoms with Crippen LogP contribution in [0.25, 0.3) is 0 Å². The maximum Gasteiger partial charge on any atom is 0.235 e. The van der Waals surface area contributed by atoms with Crippen molar-refractivity contribution in [1.29, 1.82) is 0 Å². The van der Waals surface area contributed by atoms with Crippen molar-refractivity contribution in [2.75, 3.05) is 17.3 Å². The molecule has 1 aromatic carbocycles. The van der Waals surface area contributed by atoms with E-state index in [1.807, 2.05) is 24.3 Å². The van der Waals surface area contributed by atoms with Gasteiger partial charge in [-0.2, -0.15) is 0 Å². The third-order valence-electron chi connectivity index (χ3n) is 2.78. The summed E-state index contributed by atoms with van der Waals surface area (Å²) < 4.78 is 5.65. The van der Waals surface area contributed by atoms with Crippen LogP contribution in [0.1, 0.15) is 39.0 Å². The van der Waals surface area contributed by atoms with E-state index in [2.05, 4.69) is 28.2 Å². The van der Waals surface area contributed by atoms with Gasteiger partial charge in [-0.25, -0.2) is 0 Å². The van der Waals surface area contributed by atoms with Crippen molar-refractivity contribution in [1.82, 2.24) is 0 Å². The number of ether oxygens (including phenoxy) is 1. The molecule has 0 aromatic heterocycles. The summed E-state index contributed by atoms with van der Waals surface area (Å²) in [6, 6.07) is 7.48. The first-order chi connectivity index (χ1) is 9.26. The molecular weight excluding hydrogens is 306 g/mol. The van der Waals surface area contributed by atoms with Crippen LogP contribution in [-0.4, -0.2) is 17.8 Å². The summed E-state index contributed by atoms with van der Waals surface area (Å²) in [7, 11) is 0. The van der Waals surface area contributed by atoms with E-state index in [1.165, 1.54) is 25.7 Å². The van der Waals surface area contributed by atoms with Gasteiger partial charge in [-0.05, 0) is 30.7 Å². The van der Waals surface area contributed by atoms with Gasteiger partial charge in [-0.15, -0.1) is 0 Å². The van der Waals surface area contributed by atoms with E-state index in [1.54, 1.807) is 0 Å². The zero-order valence-electron chi connectivity index (χ0n) is 11.5. The molecule has 19 heavy (non-hydrogen) atoms. The predicted molar refractivity (Wildman–Crippen MR) is 83.1 cm³/mol. The zero-order valence-corrected chi connectivity index (χ0v) is 13.0. The standard InChI is InChI=1S/C15H22BrNO2/c1-2-3-4-5-6-11-19-14-9-7-13(8-10-14)17-15(18)12-16/h7-10H,2-6,11-12H2,1H3,(H,17,18). The Bertz CT molecular complexity index is 365. The van der Waals surface area contributed by atoms with Gasteiger partial charge in [0, 0.05) is 5.69 Å². The number of rotatable bonds is 9. The van der Waals surface area contributed by atoms with Gasteiger partial charge in [-0.3, -0.25) is 4.79 Å². The smallest absolute Gasteiger partial charge is 0.235 e. The third kappa shape index (κ3) is 7.21. The Balaban J connectivity index is 2.22. The van der Waals surface area contributed by atoms with Crippen molar-refractivity contribution in [3.63, 3.8) is 0 Å². The molecule has 106 valence electrons. The summed E-state index contributed by atoms with van der Waals surface area (Å²) in [5, 5.41) is 3.08. The van der Waals surface area contributed by atoms with Gasteiger partial charge in [0.1, 0.15) is 5.75 Å². The second-order valence-corrected chi connectivity index (χ2v) is 5.03. The van der Waals surface area contributed by atoms with Gasteiger partial charge in [0.15, 0.2) is 0 Å². The van der Waals surface area contributed by atoms with Gasteiger partial charge in [-0.1, -0.05) is 48.5 Å². The quantitative estimate of drug-likeness (QED) is 0.540. The zero-order chi connectivity index (χ0) is 13.9. The maximum absolute atomic E-state index is 11.2. The molecule has 1 amide bonds. The molecule has 1 rings (SSSR count). The number of anilines is 1. The Kier molecular flexibility index (Phi) is 8.30. The lowest BCUT2D eigenvalue weighted by atomic mass is 10.2. The van der Waals surface area contributed by atoms with E-state index in [4.69, 9.17) is 4.74 Å². The highest BCUT2D eigenvalue weighted by Crippen LogP contribution is 2.16. The van der Waals surface area contributed by atoms with Gasteiger partial charge in [0.05, 0.1) is 11.9 Å². The first kappa shape index (κ1) is 16.0. The highest BCUT2D eigenvalue weighted by molar-refractivity contribution is 9.09. The summed E-state index contributed by atoms with van der Waals surface area (Å²) in [5.41, 5.74) is 0.791. The molecule has 1 aromatic rings. The summed E-state index contributed by atoms with van der Waals surface area (Å²) in [6.07, 6.45) is 6.19. The number of alkyl halides is 1. The van der Waals surface area contributed by atoms with Crippen LogP contribution in [0.3, 0.4) is 0 Å². The average molecular weight is 328 g/mol. The number of nitrogens with one attached hydrogen (secondary N) is 1. The molecule has 0 aliphatic rings. The van der Waals surface area contributed by atoms with E-state index in [0.717, 1.165) is 24.5 Å². The molecule has 0 saturated carbocycles. The predicted octanol–water partition coefficient (Wildman–Crippen LogP) is 4.37.